The lowest BCUT2D eigenvalue weighted by molar-refractivity contribution is 0.411. The molecule has 1 aromatic heterocycles. The van der Waals surface area contributed by atoms with E-state index in [1.54, 1.807) is 6.07 Å². The number of rotatable bonds is 7. The Bertz CT molecular complexity index is 899. The van der Waals surface area contributed by atoms with E-state index in [0.29, 0.717) is 24.2 Å². The normalized spacial score (nSPS) is 10.8. The van der Waals surface area contributed by atoms with Gasteiger partial charge in [0.25, 0.3) is 0 Å². The Labute approximate surface area is 161 Å². The van der Waals surface area contributed by atoms with Gasteiger partial charge in [0.15, 0.2) is 0 Å². The highest BCUT2D eigenvalue weighted by atomic mass is 79.9. The van der Waals surface area contributed by atoms with E-state index in [1.165, 1.54) is 5.56 Å². The number of aromatic hydroxyl groups is 1. The number of halogens is 1. The van der Waals surface area contributed by atoms with Crippen molar-refractivity contribution in [3.05, 3.63) is 98.0 Å². The highest BCUT2D eigenvalue weighted by Gasteiger charge is 2.11. The summed E-state index contributed by atoms with van der Waals surface area (Å²) in [4.78, 5) is 12.2. The van der Waals surface area contributed by atoms with Crippen LogP contribution in [0.1, 0.15) is 28.9 Å². The molecule has 2 aromatic carbocycles. The van der Waals surface area contributed by atoms with Crippen LogP contribution in [0.15, 0.2) is 74.3 Å². The molecule has 0 aliphatic carbocycles. The molecule has 3 aromatic rings. The van der Waals surface area contributed by atoms with Gasteiger partial charge in [-0.15, -0.1) is 0 Å². The first kappa shape index (κ1) is 18.5. The van der Waals surface area contributed by atoms with Crippen molar-refractivity contribution in [2.24, 2.45) is 0 Å². The monoisotopic (exact) mass is 412 g/mol. The third-order valence-corrected chi connectivity index (χ3v) is 4.91. The van der Waals surface area contributed by atoms with Crippen molar-refractivity contribution in [3.63, 3.8) is 0 Å². The molecule has 0 spiro atoms. The van der Waals surface area contributed by atoms with Gasteiger partial charge in [0, 0.05) is 17.0 Å². The van der Waals surface area contributed by atoms with Gasteiger partial charge in [0.1, 0.15) is 11.5 Å². The van der Waals surface area contributed by atoms with Crippen molar-refractivity contribution in [2.75, 3.05) is 0 Å². The quantitative estimate of drug-likeness (QED) is 0.589. The Kier molecular flexibility index (Phi) is 6.29. The zero-order valence-corrected chi connectivity index (χ0v) is 16.0. The fourth-order valence-electron chi connectivity index (χ4n) is 2.94. The highest BCUT2D eigenvalue weighted by molar-refractivity contribution is 9.10. The lowest BCUT2D eigenvalue weighted by atomic mass is 10.0. The summed E-state index contributed by atoms with van der Waals surface area (Å²) in [5, 5.41) is 10.2. The van der Waals surface area contributed by atoms with Crippen LogP contribution in [-0.4, -0.2) is 5.11 Å². The molecule has 26 heavy (non-hydrogen) atoms. The number of hydrogen-bond donors (Lipinski definition) is 1. The van der Waals surface area contributed by atoms with E-state index >= 15 is 0 Å². The molecule has 0 fully saturated rings. The van der Waals surface area contributed by atoms with Gasteiger partial charge in [0.05, 0.1) is 5.56 Å². The summed E-state index contributed by atoms with van der Waals surface area (Å²) in [6, 6.07) is 19.7. The van der Waals surface area contributed by atoms with E-state index in [-0.39, 0.29) is 5.75 Å². The maximum absolute atomic E-state index is 12.2. The fraction of sp³-hybridized carbons (Fsp3) is 0.227. The minimum atomic E-state index is -0.427. The summed E-state index contributed by atoms with van der Waals surface area (Å²) in [5.74, 6) is 0.558. The molecule has 0 saturated carbocycles. The summed E-state index contributed by atoms with van der Waals surface area (Å²) < 4.78 is 6.45. The van der Waals surface area contributed by atoms with E-state index in [0.717, 1.165) is 29.3 Å². The topological polar surface area (TPSA) is 50.4 Å². The van der Waals surface area contributed by atoms with Gasteiger partial charge in [-0.2, -0.15) is 0 Å². The Morgan fingerprint density at radius 2 is 1.54 bits per heavy atom. The van der Waals surface area contributed by atoms with Crippen LogP contribution < -0.4 is 5.63 Å². The zero-order valence-electron chi connectivity index (χ0n) is 14.5. The minimum Gasteiger partial charge on any atom is -0.507 e. The number of benzene rings is 2. The molecule has 1 N–H and O–H groups in total. The molecule has 1 heterocycles. The van der Waals surface area contributed by atoms with Gasteiger partial charge in [-0.05, 0) is 48.9 Å². The van der Waals surface area contributed by atoms with Crippen molar-refractivity contribution < 1.29 is 9.52 Å². The first-order chi connectivity index (χ1) is 12.6. The van der Waals surface area contributed by atoms with Gasteiger partial charge in [-0.25, -0.2) is 4.79 Å². The molecule has 0 atom stereocenters. The first-order valence-electron chi connectivity index (χ1n) is 8.75. The van der Waals surface area contributed by atoms with Crippen LogP contribution in [0.5, 0.6) is 5.75 Å². The Hall–Kier alpha value is -2.33. The molecule has 4 heteroatoms. The molecule has 0 radical (unpaired) electrons. The van der Waals surface area contributed by atoms with Crippen LogP contribution in [0.2, 0.25) is 0 Å². The molecule has 0 amide bonds. The summed E-state index contributed by atoms with van der Waals surface area (Å²) in [7, 11) is 0. The molecule has 0 aliphatic rings. The lowest BCUT2D eigenvalue weighted by Crippen LogP contribution is -2.10. The second-order valence-electron chi connectivity index (χ2n) is 6.33. The predicted octanol–water partition coefficient (Wildman–Crippen LogP) is 5.07. The smallest absolute Gasteiger partial charge is 0.342 e. The second-order valence-corrected chi connectivity index (χ2v) is 7.25. The zero-order chi connectivity index (χ0) is 18.4. The van der Waals surface area contributed by atoms with Crippen LogP contribution in [0.3, 0.4) is 0 Å². The Morgan fingerprint density at radius 3 is 2.23 bits per heavy atom. The molecule has 0 bridgehead atoms. The van der Waals surface area contributed by atoms with Crippen LogP contribution in [0.4, 0.5) is 0 Å². The maximum atomic E-state index is 12.2. The van der Waals surface area contributed by atoms with Crippen LogP contribution in [-0.2, 0) is 25.7 Å². The van der Waals surface area contributed by atoms with Crippen LogP contribution >= 0.6 is 15.9 Å². The third kappa shape index (κ3) is 5.09. The van der Waals surface area contributed by atoms with E-state index in [9.17, 15) is 9.90 Å². The van der Waals surface area contributed by atoms with Gasteiger partial charge in [-0.1, -0.05) is 58.4 Å². The Morgan fingerprint density at radius 1 is 0.846 bits per heavy atom. The first-order valence-corrected chi connectivity index (χ1v) is 9.54. The molecule has 134 valence electrons. The molecule has 3 rings (SSSR count). The summed E-state index contributed by atoms with van der Waals surface area (Å²) in [6.45, 7) is 0. The predicted molar refractivity (Wildman–Crippen MR) is 107 cm³/mol. The van der Waals surface area contributed by atoms with Crippen molar-refractivity contribution in [1.82, 2.24) is 0 Å². The molecule has 0 saturated heterocycles. The third-order valence-electron chi connectivity index (χ3n) is 4.39. The van der Waals surface area contributed by atoms with Gasteiger partial charge in [0.2, 0.25) is 0 Å². The van der Waals surface area contributed by atoms with Crippen molar-refractivity contribution in [3.8, 4) is 5.75 Å². The van der Waals surface area contributed by atoms with Crippen LogP contribution in [0, 0.1) is 0 Å². The molecular formula is C22H21BrO3. The molecule has 3 nitrogen and oxygen atoms in total. The molecule has 0 aliphatic heterocycles. The lowest BCUT2D eigenvalue weighted by Gasteiger charge is -2.06. The highest BCUT2D eigenvalue weighted by Crippen LogP contribution is 2.19. The van der Waals surface area contributed by atoms with Crippen molar-refractivity contribution >= 4 is 15.9 Å². The molecule has 0 unspecified atom stereocenters. The molecular weight excluding hydrogens is 392 g/mol. The van der Waals surface area contributed by atoms with Crippen molar-refractivity contribution in [2.45, 2.75) is 32.1 Å². The largest absolute Gasteiger partial charge is 0.507 e. The van der Waals surface area contributed by atoms with Gasteiger partial charge < -0.3 is 9.52 Å². The SMILES string of the molecule is O=c1oc(CCc2ccc(Br)cc2)cc(O)c1CCCc1ccccc1. The van der Waals surface area contributed by atoms with Gasteiger partial charge >= 0.3 is 5.63 Å². The fourth-order valence-corrected chi connectivity index (χ4v) is 3.20. The van der Waals surface area contributed by atoms with Crippen molar-refractivity contribution in [1.29, 1.82) is 0 Å². The van der Waals surface area contributed by atoms with E-state index < -0.39 is 5.63 Å². The minimum absolute atomic E-state index is 0.0418. The van der Waals surface area contributed by atoms with E-state index in [1.807, 2.05) is 42.5 Å². The Balaban J connectivity index is 1.60. The standard InChI is InChI=1S/C22H21BrO3/c23-18-12-9-17(10-13-18)11-14-19-15-21(24)20(22(25)26-19)8-4-7-16-5-2-1-3-6-16/h1-3,5-6,9-10,12-13,15,24H,4,7-8,11,14H2. The van der Waals surface area contributed by atoms with Gasteiger partial charge in [-0.3, -0.25) is 0 Å². The second kappa shape index (κ2) is 8.86. The maximum Gasteiger partial charge on any atom is 0.342 e. The van der Waals surface area contributed by atoms with E-state index in [2.05, 4.69) is 28.1 Å². The number of hydrogen-bond acceptors (Lipinski definition) is 3. The summed E-state index contributed by atoms with van der Waals surface area (Å²) in [6.07, 6.45) is 3.50. The number of aryl methyl sites for hydroxylation is 3. The average Bonchev–Trinajstić information content (AvgIpc) is 2.64. The van der Waals surface area contributed by atoms with E-state index in [4.69, 9.17) is 4.42 Å². The summed E-state index contributed by atoms with van der Waals surface area (Å²) in [5.41, 5.74) is 2.32. The van der Waals surface area contributed by atoms with Crippen LogP contribution in [0.25, 0.3) is 0 Å². The average molecular weight is 413 g/mol. The summed E-state index contributed by atoms with van der Waals surface area (Å²) >= 11 is 3.41.